The summed E-state index contributed by atoms with van der Waals surface area (Å²) in [6.45, 7) is 5.89. The van der Waals surface area contributed by atoms with E-state index < -0.39 is 0 Å². The van der Waals surface area contributed by atoms with Crippen LogP contribution in [0.3, 0.4) is 0 Å². The van der Waals surface area contributed by atoms with Crippen molar-refractivity contribution in [2.45, 2.75) is 33.2 Å². The molecule has 21 heavy (non-hydrogen) atoms. The molecule has 0 aliphatic carbocycles. The van der Waals surface area contributed by atoms with Gasteiger partial charge in [0.25, 0.3) is 0 Å². The smallest absolute Gasteiger partial charge is 0.222 e. The topological polar surface area (TPSA) is 44.1 Å². The van der Waals surface area contributed by atoms with Gasteiger partial charge in [-0.15, -0.1) is 0 Å². The van der Waals surface area contributed by atoms with Crippen molar-refractivity contribution in [1.29, 1.82) is 0 Å². The zero-order valence-electron chi connectivity index (χ0n) is 12.1. The van der Waals surface area contributed by atoms with E-state index in [4.69, 9.17) is 27.9 Å². The van der Waals surface area contributed by atoms with Crippen LogP contribution in [0, 0.1) is 0 Å². The highest BCUT2D eigenvalue weighted by Crippen LogP contribution is 2.33. The molecular formula is C15H16Cl2N2O2. The standard InChI is InChI=1S/C15H16Cl2N2O2/c1-4-13-14(8-20)18-19(9(2)3)15(13)21-12-6-10(16)5-11(17)7-12/h5-9H,4H2,1-3H3. The Kier molecular flexibility index (Phi) is 4.91. The molecule has 112 valence electrons. The van der Waals surface area contributed by atoms with E-state index in [0.29, 0.717) is 33.8 Å². The fraction of sp³-hybridized carbons (Fsp3) is 0.333. The van der Waals surface area contributed by atoms with Crippen LogP contribution in [-0.2, 0) is 6.42 Å². The van der Waals surface area contributed by atoms with Crippen molar-refractivity contribution < 1.29 is 9.53 Å². The van der Waals surface area contributed by atoms with Gasteiger partial charge in [-0.3, -0.25) is 4.79 Å². The lowest BCUT2D eigenvalue weighted by Gasteiger charge is -2.13. The summed E-state index contributed by atoms with van der Waals surface area (Å²) < 4.78 is 7.60. The summed E-state index contributed by atoms with van der Waals surface area (Å²) in [5.74, 6) is 1.06. The van der Waals surface area contributed by atoms with Crippen LogP contribution >= 0.6 is 23.2 Å². The summed E-state index contributed by atoms with van der Waals surface area (Å²) >= 11 is 12.0. The normalized spacial score (nSPS) is 11.0. The zero-order valence-corrected chi connectivity index (χ0v) is 13.6. The zero-order chi connectivity index (χ0) is 15.6. The van der Waals surface area contributed by atoms with E-state index in [1.165, 1.54) is 0 Å². The molecular weight excluding hydrogens is 311 g/mol. The number of rotatable bonds is 5. The molecule has 0 bridgehead atoms. The molecule has 0 spiro atoms. The second-order valence-corrected chi connectivity index (χ2v) is 5.76. The van der Waals surface area contributed by atoms with E-state index in [1.807, 2.05) is 20.8 Å². The first-order valence-electron chi connectivity index (χ1n) is 6.66. The Morgan fingerprint density at radius 2 is 1.90 bits per heavy atom. The Morgan fingerprint density at radius 1 is 1.29 bits per heavy atom. The maximum atomic E-state index is 11.2. The molecule has 0 atom stereocenters. The Bertz CT molecular complexity index is 646. The average molecular weight is 327 g/mol. The molecule has 0 radical (unpaired) electrons. The van der Waals surface area contributed by atoms with Gasteiger partial charge in [-0.25, -0.2) is 4.68 Å². The molecule has 0 unspecified atom stereocenters. The molecule has 0 aliphatic heterocycles. The van der Waals surface area contributed by atoms with Gasteiger partial charge in [0.05, 0.1) is 6.04 Å². The highest BCUT2D eigenvalue weighted by molar-refractivity contribution is 6.34. The number of carbonyl (C=O) groups is 1. The molecule has 0 saturated heterocycles. The van der Waals surface area contributed by atoms with Gasteiger partial charge in [0.1, 0.15) is 11.4 Å². The molecule has 0 fully saturated rings. The van der Waals surface area contributed by atoms with E-state index in [1.54, 1.807) is 22.9 Å². The van der Waals surface area contributed by atoms with Crippen LogP contribution in [-0.4, -0.2) is 16.1 Å². The number of ether oxygens (including phenoxy) is 1. The number of nitrogens with zero attached hydrogens (tertiary/aromatic N) is 2. The number of carbonyl (C=O) groups excluding carboxylic acids is 1. The van der Waals surface area contributed by atoms with E-state index in [9.17, 15) is 4.79 Å². The minimum atomic E-state index is 0.0636. The third-order valence-electron chi connectivity index (χ3n) is 3.00. The molecule has 0 amide bonds. The van der Waals surface area contributed by atoms with Crippen LogP contribution < -0.4 is 4.74 Å². The minimum absolute atomic E-state index is 0.0636. The molecule has 2 aromatic rings. The molecule has 0 N–H and O–H groups in total. The Hall–Kier alpha value is -1.52. The molecule has 0 aliphatic rings. The van der Waals surface area contributed by atoms with Crippen LogP contribution in [0.4, 0.5) is 0 Å². The molecule has 1 aromatic carbocycles. The Morgan fingerprint density at radius 3 is 2.38 bits per heavy atom. The lowest BCUT2D eigenvalue weighted by molar-refractivity contribution is 0.111. The number of halogens is 2. The van der Waals surface area contributed by atoms with E-state index >= 15 is 0 Å². The van der Waals surface area contributed by atoms with Gasteiger partial charge in [0.2, 0.25) is 5.88 Å². The average Bonchev–Trinajstić information content (AvgIpc) is 2.75. The van der Waals surface area contributed by atoms with E-state index in [0.717, 1.165) is 11.8 Å². The van der Waals surface area contributed by atoms with Gasteiger partial charge in [0, 0.05) is 15.6 Å². The second kappa shape index (κ2) is 6.50. The van der Waals surface area contributed by atoms with Crippen molar-refractivity contribution in [3.63, 3.8) is 0 Å². The van der Waals surface area contributed by atoms with Gasteiger partial charge in [-0.1, -0.05) is 30.1 Å². The number of benzene rings is 1. The first kappa shape index (κ1) is 15.9. The van der Waals surface area contributed by atoms with Crippen molar-refractivity contribution in [3.05, 3.63) is 39.5 Å². The fourth-order valence-corrected chi connectivity index (χ4v) is 2.56. The van der Waals surface area contributed by atoms with Crippen molar-refractivity contribution in [1.82, 2.24) is 9.78 Å². The molecule has 0 saturated carbocycles. The highest BCUT2D eigenvalue weighted by Gasteiger charge is 2.20. The van der Waals surface area contributed by atoms with Crippen LogP contribution in [0.15, 0.2) is 18.2 Å². The number of aldehydes is 1. The minimum Gasteiger partial charge on any atom is -0.439 e. The number of hydrogen-bond donors (Lipinski definition) is 0. The van der Waals surface area contributed by atoms with Crippen LogP contribution in [0.2, 0.25) is 10.0 Å². The van der Waals surface area contributed by atoms with Gasteiger partial charge in [-0.05, 0) is 38.5 Å². The summed E-state index contributed by atoms with van der Waals surface area (Å²) in [6, 6.07) is 5.04. The first-order chi connectivity index (χ1) is 9.96. The Balaban J connectivity index is 2.51. The summed E-state index contributed by atoms with van der Waals surface area (Å²) in [6.07, 6.45) is 1.39. The van der Waals surface area contributed by atoms with E-state index in [2.05, 4.69) is 5.10 Å². The SMILES string of the molecule is CCc1c(C=O)nn(C(C)C)c1Oc1cc(Cl)cc(Cl)c1. The largest absolute Gasteiger partial charge is 0.439 e. The predicted octanol–water partition coefficient (Wildman–Crippen LogP) is 4.94. The molecule has 6 heteroatoms. The summed E-state index contributed by atoms with van der Waals surface area (Å²) in [7, 11) is 0. The maximum absolute atomic E-state index is 11.2. The van der Waals surface area contributed by atoms with Gasteiger partial charge in [0.15, 0.2) is 6.29 Å². The Labute approximate surface area is 133 Å². The molecule has 1 heterocycles. The monoisotopic (exact) mass is 326 g/mol. The molecule has 1 aromatic heterocycles. The highest BCUT2D eigenvalue weighted by atomic mass is 35.5. The lowest BCUT2D eigenvalue weighted by atomic mass is 10.2. The van der Waals surface area contributed by atoms with Crippen LogP contribution in [0.5, 0.6) is 11.6 Å². The van der Waals surface area contributed by atoms with Gasteiger partial charge < -0.3 is 4.74 Å². The second-order valence-electron chi connectivity index (χ2n) is 4.89. The predicted molar refractivity (Wildman–Crippen MR) is 83.9 cm³/mol. The molecule has 2 rings (SSSR count). The maximum Gasteiger partial charge on any atom is 0.222 e. The van der Waals surface area contributed by atoms with Gasteiger partial charge in [-0.2, -0.15) is 5.10 Å². The van der Waals surface area contributed by atoms with E-state index in [-0.39, 0.29) is 6.04 Å². The lowest BCUT2D eigenvalue weighted by Crippen LogP contribution is -2.05. The summed E-state index contributed by atoms with van der Waals surface area (Å²) in [5, 5.41) is 5.27. The number of aromatic nitrogens is 2. The van der Waals surface area contributed by atoms with Crippen molar-refractivity contribution in [2.75, 3.05) is 0 Å². The number of hydrogen-bond acceptors (Lipinski definition) is 3. The van der Waals surface area contributed by atoms with Crippen LogP contribution in [0.1, 0.15) is 42.9 Å². The third-order valence-corrected chi connectivity index (χ3v) is 3.43. The van der Waals surface area contributed by atoms with Crippen molar-refractivity contribution in [2.24, 2.45) is 0 Å². The van der Waals surface area contributed by atoms with Crippen molar-refractivity contribution >= 4 is 29.5 Å². The van der Waals surface area contributed by atoms with Gasteiger partial charge >= 0.3 is 0 Å². The third kappa shape index (κ3) is 3.39. The first-order valence-corrected chi connectivity index (χ1v) is 7.42. The van der Waals surface area contributed by atoms with Crippen LogP contribution in [0.25, 0.3) is 0 Å². The fourth-order valence-electron chi connectivity index (χ4n) is 2.05. The summed E-state index contributed by atoms with van der Waals surface area (Å²) in [5.41, 5.74) is 1.17. The molecule has 4 nitrogen and oxygen atoms in total. The summed E-state index contributed by atoms with van der Waals surface area (Å²) in [4.78, 5) is 11.2. The quantitative estimate of drug-likeness (QED) is 0.731. The van der Waals surface area contributed by atoms with Crippen molar-refractivity contribution in [3.8, 4) is 11.6 Å².